The number of hydrogen-bond acceptors (Lipinski definition) is 4. The molecule has 0 unspecified atom stereocenters. The number of ether oxygens (including phenoxy) is 1. The topological polar surface area (TPSA) is 47.0 Å². The summed E-state index contributed by atoms with van der Waals surface area (Å²) in [5, 5.41) is 3.38. The number of aromatic nitrogens is 2. The fourth-order valence-corrected chi connectivity index (χ4v) is 2.78. The van der Waals surface area contributed by atoms with Gasteiger partial charge in [-0.05, 0) is 34.7 Å². The van der Waals surface area contributed by atoms with Crippen LogP contribution in [-0.2, 0) is 17.8 Å². The lowest BCUT2D eigenvalue weighted by atomic mass is 10.1. The minimum Gasteiger partial charge on any atom is -0.378 e. The molecule has 1 aromatic carbocycles. The van der Waals surface area contributed by atoms with Crippen LogP contribution in [0, 0.1) is 9.39 Å². The van der Waals surface area contributed by atoms with Crippen molar-refractivity contribution in [1.82, 2.24) is 9.97 Å². The van der Waals surface area contributed by atoms with Crippen LogP contribution in [0.15, 0.2) is 18.2 Å². The molecule has 0 aliphatic carbocycles. The van der Waals surface area contributed by atoms with E-state index in [1.54, 1.807) is 26.3 Å². The van der Waals surface area contributed by atoms with Crippen molar-refractivity contribution < 1.29 is 9.13 Å². The van der Waals surface area contributed by atoms with Gasteiger partial charge in [-0.15, -0.1) is 0 Å². The number of nitrogens with one attached hydrogen (secondary N) is 1. The van der Waals surface area contributed by atoms with Gasteiger partial charge in [0, 0.05) is 31.2 Å². The number of methoxy groups -OCH3 is 1. The Morgan fingerprint density at radius 1 is 1.38 bits per heavy atom. The van der Waals surface area contributed by atoms with Gasteiger partial charge in [-0.3, -0.25) is 0 Å². The molecule has 0 radical (unpaired) electrons. The van der Waals surface area contributed by atoms with E-state index in [0.29, 0.717) is 28.8 Å². The summed E-state index contributed by atoms with van der Waals surface area (Å²) in [6.45, 7) is 0.369. The summed E-state index contributed by atoms with van der Waals surface area (Å²) in [7, 11) is 3.38. The fraction of sp³-hybridized carbons (Fsp3) is 0.286. The van der Waals surface area contributed by atoms with Crippen molar-refractivity contribution in [2.24, 2.45) is 0 Å². The smallest absolute Gasteiger partial charge is 0.143 e. The van der Waals surface area contributed by atoms with Gasteiger partial charge in [-0.2, -0.15) is 0 Å². The van der Waals surface area contributed by atoms with Crippen LogP contribution in [0.5, 0.6) is 0 Å². The summed E-state index contributed by atoms with van der Waals surface area (Å²) >= 11 is 8.21. The van der Waals surface area contributed by atoms with E-state index < -0.39 is 0 Å². The van der Waals surface area contributed by atoms with E-state index in [1.807, 2.05) is 0 Å². The molecule has 0 saturated carbocycles. The highest BCUT2D eigenvalue weighted by Crippen LogP contribution is 2.24. The maximum Gasteiger partial charge on any atom is 0.143 e. The molecule has 1 N–H and O–H groups in total. The van der Waals surface area contributed by atoms with Crippen LogP contribution < -0.4 is 5.32 Å². The summed E-state index contributed by atoms with van der Waals surface area (Å²) in [6, 6.07) is 4.61. The average molecular weight is 422 g/mol. The zero-order valence-electron chi connectivity index (χ0n) is 11.6. The van der Waals surface area contributed by atoms with Gasteiger partial charge in [0.25, 0.3) is 0 Å². The Kier molecular flexibility index (Phi) is 5.72. The highest BCUT2D eigenvalue weighted by molar-refractivity contribution is 14.1. The van der Waals surface area contributed by atoms with Crippen molar-refractivity contribution in [3.63, 3.8) is 0 Å². The molecule has 0 fully saturated rings. The van der Waals surface area contributed by atoms with Gasteiger partial charge in [0.05, 0.1) is 15.9 Å². The Hall–Kier alpha value is -0.990. The highest BCUT2D eigenvalue weighted by Gasteiger charge is 2.14. The van der Waals surface area contributed by atoms with Gasteiger partial charge < -0.3 is 10.1 Å². The van der Waals surface area contributed by atoms with Crippen molar-refractivity contribution in [3.05, 3.63) is 49.7 Å². The maximum atomic E-state index is 13.9. The molecule has 21 heavy (non-hydrogen) atoms. The van der Waals surface area contributed by atoms with Crippen LogP contribution in [0.4, 0.5) is 10.2 Å². The van der Waals surface area contributed by atoms with E-state index in [0.717, 1.165) is 9.26 Å². The number of anilines is 1. The van der Waals surface area contributed by atoms with Crippen molar-refractivity contribution in [2.45, 2.75) is 13.0 Å². The molecule has 0 atom stereocenters. The van der Waals surface area contributed by atoms with Gasteiger partial charge in [-0.25, -0.2) is 14.4 Å². The zero-order valence-corrected chi connectivity index (χ0v) is 14.5. The van der Waals surface area contributed by atoms with E-state index in [9.17, 15) is 4.39 Å². The van der Waals surface area contributed by atoms with Crippen molar-refractivity contribution in [3.8, 4) is 0 Å². The second-order valence-electron chi connectivity index (χ2n) is 4.31. The zero-order chi connectivity index (χ0) is 15.4. The van der Waals surface area contributed by atoms with Crippen LogP contribution in [-0.4, -0.2) is 24.1 Å². The lowest BCUT2D eigenvalue weighted by molar-refractivity contribution is 0.180. The first-order valence-electron chi connectivity index (χ1n) is 6.21. The minimum atomic E-state index is -0.357. The Labute approximate surface area is 141 Å². The van der Waals surface area contributed by atoms with Crippen LogP contribution in [0.25, 0.3) is 0 Å². The number of halogens is 3. The summed E-state index contributed by atoms with van der Waals surface area (Å²) in [4.78, 5) is 8.84. The second-order valence-corrected chi connectivity index (χ2v) is 5.80. The highest BCUT2D eigenvalue weighted by atomic mass is 127. The van der Waals surface area contributed by atoms with Gasteiger partial charge >= 0.3 is 0 Å². The van der Waals surface area contributed by atoms with Crippen molar-refractivity contribution >= 4 is 40.0 Å². The molecule has 112 valence electrons. The summed E-state index contributed by atoms with van der Waals surface area (Å²) < 4.78 is 19.9. The molecular weight excluding hydrogens is 408 g/mol. The van der Waals surface area contributed by atoms with E-state index in [1.165, 1.54) is 6.07 Å². The molecule has 2 rings (SSSR count). The standard InChI is InChI=1S/C14H14ClFIN3O/c1-18-14-13(17)11(7-21-2)19-12(20-14)6-8-9(15)4-3-5-10(8)16/h3-5H,6-7H2,1-2H3,(H,18,19,20). The molecule has 0 amide bonds. The second kappa shape index (κ2) is 7.33. The molecule has 2 aromatic rings. The largest absolute Gasteiger partial charge is 0.378 e. The first-order chi connectivity index (χ1) is 10.1. The number of benzene rings is 1. The van der Waals surface area contributed by atoms with E-state index in [4.69, 9.17) is 16.3 Å². The molecule has 0 spiro atoms. The third-order valence-electron chi connectivity index (χ3n) is 2.88. The molecule has 0 saturated heterocycles. The predicted molar refractivity (Wildman–Crippen MR) is 89.2 cm³/mol. The van der Waals surface area contributed by atoms with Gasteiger partial charge in [0.2, 0.25) is 0 Å². The Morgan fingerprint density at radius 2 is 2.14 bits per heavy atom. The number of hydrogen-bond donors (Lipinski definition) is 1. The lowest BCUT2D eigenvalue weighted by Crippen LogP contribution is -2.09. The monoisotopic (exact) mass is 421 g/mol. The van der Waals surface area contributed by atoms with Crippen LogP contribution in [0.3, 0.4) is 0 Å². The normalized spacial score (nSPS) is 10.7. The van der Waals surface area contributed by atoms with E-state index in [2.05, 4.69) is 37.9 Å². The van der Waals surface area contributed by atoms with E-state index in [-0.39, 0.29) is 12.2 Å². The first kappa shape index (κ1) is 16.4. The Balaban J connectivity index is 2.42. The minimum absolute atomic E-state index is 0.230. The molecule has 0 aliphatic heterocycles. The van der Waals surface area contributed by atoms with Crippen LogP contribution in [0.1, 0.15) is 17.1 Å². The first-order valence-corrected chi connectivity index (χ1v) is 7.67. The summed E-state index contributed by atoms with van der Waals surface area (Å²) in [6.07, 6.45) is 0.230. The SMILES string of the molecule is CNc1nc(Cc2c(F)cccc2Cl)nc(COC)c1I. The van der Waals surface area contributed by atoms with Gasteiger partial charge in [0.1, 0.15) is 17.5 Å². The van der Waals surface area contributed by atoms with Gasteiger partial charge in [-0.1, -0.05) is 17.7 Å². The Morgan fingerprint density at radius 3 is 2.76 bits per heavy atom. The fourth-order valence-electron chi connectivity index (χ4n) is 1.88. The quantitative estimate of drug-likeness (QED) is 0.749. The molecular formula is C14H14ClFIN3O. The molecule has 1 heterocycles. The predicted octanol–water partition coefficient (Wildman–Crippen LogP) is 3.65. The maximum absolute atomic E-state index is 13.9. The van der Waals surface area contributed by atoms with Crippen molar-refractivity contribution in [1.29, 1.82) is 0 Å². The number of nitrogens with zero attached hydrogens (tertiary/aromatic N) is 2. The molecule has 1 aromatic heterocycles. The van der Waals surface area contributed by atoms with Crippen molar-refractivity contribution in [2.75, 3.05) is 19.5 Å². The third kappa shape index (κ3) is 3.81. The van der Waals surface area contributed by atoms with Crippen LogP contribution >= 0.6 is 34.2 Å². The summed E-state index contributed by atoms with van der Waals surface area (Å²) in [5.74, 6) is 0.836. The molecule has 4 nitrogen and oxygen atoms in total. The van der Waals surface area contributed by atoms with Gasteiger partial charge in [0.15, 0.2) is 0 Å². The number of rotatable bonds is 5. The van der Waals surface area contributed by atoms with Crippen LogP contribution in [0.2, 0.25) is 5.02 Å². The molecule has 0 aliphatic rings. The lowest BCUT2D eigenvalue weighted by Gasteiger charge is -2.11. The molecule has 0 bridgehead atoms. The Bertz CT molecular complexity index is 634. The summed E-state index contributed by atoms with van der Waals surface area (Å²) in [5.41, 5.74) is 1.16. The molecule has 7 heteroatoms. The van der Waals surface area contributed by atoms with E-state index >= 15 is 0 Å². The average Bonchev–Trinajstić information content (AvgIpc) is 2.46. The third-order valence-corrected chi connectivity index (χ3v) is 4.37.